The summed E-state index contributed by atoms with van der Waals surface area (Å²) in [6, 6.07) is 59.3. The Morgan fingerprint density at radius 2 is 0.455 bits per heavy atom. The van der Waals surface area contributed by atoms with Crippen molar-refractivity contribution in [2.75, 3.05) is 28.4 Å². The first-order chi connectivity index (χ1) is 32.2. The zero-order chi connectivity index (χ0) is 45.9. The molecule has 0 fully saturated rings. The lowest BCUT2D eigenvalue weighted by Gasteiger charge is -2.20. The first-order valence-electron chi connectivity index (χ1n) is 21.2. The summed E-state index contributed by atoms with van der Waals surface area (Å²) < 4.78 is 19.9. The maximum Gasteiger partial charge on any atom is 0.337 e. The average Bonchev–Trinajstić information content (AvgIpc) is 3.39. The van der Waals surface area contributed by atoms with Gasteiger partial charge in [-0.15, -0.1) is 0 Å². The van der Waals surface area contributed by atoms with E-state index in [0.717, 1.165) is 88.3 Å². The van der Waals surface area contributed by atoms with Gasteiger partial charge in [-0.1, -0.05) is 97.1 Å². The molecular weight excluding hydrogens is 825 g/mol. The van der Waals surface area contributed by atoms with Crippen LogP contribution in [0.5, 0.6) is 0 Å². The van der Waals surface area contributed by atoms with Crippen molar-refractivity contribution >= 4 is 45.4 Å². The van der Waals surface area contributed by atoms with Crippen LogP contribution in [0.1, 0.15) is 41.4 Å². The molecule has 0 saturated heterocycles. The van der Waals surface area contributed by atoms with Crippen molar-refractivity contribution in [1.29, 1.82) is 0 Å². The molecule has 0 spiro atoms. The highest BCUT2D eigenvalue weighted by molar-refractivity contribution is 6.22. The van der Waals surface area contributed by atoms with Gasteiger partial charge in [-0.05, 0) is 173 Å². The minimum absolute atomic E-state index is 0.412. The van der Waals surface area contributed by atoms with E-state index in [1.807, 2.05) is 48.5 Å². The third kappa shape index (κ3) is 8.19. The van der Waals surface area contributed by atoms with Gasteiger partial charge in [0.05, 0.1) is 50.7 Å². The molecule has 322 valence electrons. The molecule has 0 aliphatic carbocycles. The molecule has 0 amide bonds. The number of fused-ring (bicyclic) bond motifs is 2. The number of rotatable bonds is 10. The Bertz CT molecular complexity index is 2890. The van der Waals surface area contributed by atoms with Crippen molar-refractivity contribution in [1.82, 2.24) is 0 Å². The summed E-state index contributed by atoms with van der Waals surface area (Å²) in [4.78, 5) is 49.6. The molecule has 9 aromatic carbocycles. The van der Waals surface area contributed by atoms with Crippen LogP contribution in [-0.2, 0) is 18.9 Å². The number of ether oxygens (including phenoxy) is 4. The van der Waals surface area contributed by atoms with E-state index in [4.69, 9.17) is 18.9 Å². The molecule has 0 atom stereocenters. The summed E-state index contributed by atoms with van der Waals surface area (Å²) in [6.45, 7) is 0. The molecular formula is C58H42O8. The van der Waals surface area contributed by atoms with Gasteiger partial charge in [0.25, 0.3) is 0 Å². The number of carbonyl (C=O) groups is 4. The topological polar surface area (TPSA) is 105 Å². The van der Waals surface area contributed by atoms with Crippen LogP contribution >= 0.6 is 0 Å². The fourth-order valence-corrected chi connectivity index (χ4v) is 8.63. The summed E-state index contributed by atoms with van der Waals surface area (Å²) in [7, 11) is 5.47. The smallest absolute Gasteiger partial charge is 0.337 e. The van der Waals surface area contributed by atoms with Crippen molar-refractivity contribution in [3.8, 4) is 66.8 Å². The number of hydrogen-bond acceptors (Lipinski definition) is 8. The van der Waals surface area contributed by atoms with Crippen molar-refractivity contribution in [3.05, 3.63) is 204 Å². The number of esters is 4. The third-order valence-corrected chi connectivity index (χ3v) is 11.9. The predicted octanol–water partition coefficient (Wildman–Crippen LogP) is 13.1. The normalized spacial score (nSPS) is 11.0. The maximum atomic E-state index is 12.4. The highest BCUT2D eigenvalue weighted by atomic mass is 16.5. The van der Waals surface area contributed by atoms with Gasteiger partial charge in [-0.25, -0.2) is 19.2 Å². The highest BCUT2D eigenvalue weighted by Gasteiger charge is 2.20. The third-order valence-electron chi connectivity index (χ3n) is 11.9. The Morgan fingerprint density at radius 3 is 0.652 bits per heavy atom. The van der Waals surface area contributed by atoms with Gasteiger partial charge < -0.3 is 18.9 Å². The summed E-state index contributed by atoms with van der Waals surface area (Å²) in [5, 5.41) is 4.14. The quantitative estimate of drug-likeness (QED) is 0.0760. The van der Waals surface area contributed by atoms with Gasteiger partial charge >= 0.3 is 23.9 Å². The van der Waals surface area contributed by atoms with E-state index in [2.05, 4.69) is 84.9 Å². The van der Waals surface area contributed by atoms with Crippen LogP contribution in [0.15, 0.2) is 182 Å². The molecule has 0 heterocycles. The first kappa shape index (κ1) is 42.7. The van der Waals surface area contributed by atoms with Gasteiger partial charge in [0.2, 0.25) is 0 Å². The fraction of sp³-hybridized carbons (Fsp3) is 0.0690. The Labute approximate surface area is 381 Å². The molecule has 0 bridgehead atoms. The van der Waals surface area contributed by atoms with Crippen LogP contribution in [-0.4, -0.2) is 52.3 Å². The van der Waals surface area contributed by atoms with Crippen LogP contribution in [0.4, 0.5) is 0 Å². The lowest BCUT2D eigenvalue weighted by atomic mass is 9.83. The molecule has 0 aliphatic heterocycles. The second-order valence-corrected chi connectivity index (χ2v) is 15.7. The Hall–Kier alpha value is -8.62. The van der Waals surface area contributed by atoms with Crippen molar-refractivity contribution in [2.24, 2.45) is 0 Å². The molecule has 9 rings (SSSR count). The molecule has 8 heteroatoms. The van der Waals surface area contributed by atoms with Crippen molar-refractivity contribution < 1.29 is 38.1 Å². The van der Waals surface area contributed by atoms with Gasteiger partial charge in [0, 0.05) is 0 Å². The average molecular weight is 867 g/mol. The Kier molecular flexibility index (Phi) is 11.8. The molecule has 0 unspecified atom stereocenters. The van der Waals surface area contributed by atoms with Crippen LogP contribution in [0.3, 0.4) is 0 Å². The minimum Gasteiger partial charge on any atom is -0.465 e. The van der Waals surface area contributed by atoms with E-state index in [9.17, 15) is 19.2 Å². The van der Waals surface area contributed by atoms with Crippen molar-refractivity contribution in [2.45, 2.75) is 0 Å². The number of carbonyl (C=O) groups excluding carboxylic acids is 4. The Balaban J connectivity index is 1.28. The fourth-order valence-electron chi connectivity index (χ4n) is 8.63. The number of methoxy groups -OCH3 is 4. The van der Waals surface area contributed by atoms with Gasteiger partial charge in [0.1, 0.15) is 0 Å². The standard InChI is InChI=1S/C58H42O8/c1-63-55(59)39-21-13-35(14-22-39)43-29-44(36-15-23-40(24-16-36)56(60)64-2)32-47(31-43)53-49-9-5-7-11-51(49)54(52-12-8-6-10-50(52)53)48-33-45(37-17-25-41(26-18-37)57(61)65-3)30-46(34-48)38-19-27-42(28-20-38)58(62)66-4/h5-34H,1-4H3. The van der Waals surface area contributed by atoms with Crippen LogP contribution < -0.4 is 0 Å². The molecule has 0 saturated carbocycles. The molecule has 8 nitrogen and oxygen atoms in total. The van der Waals surface area contributed by atoms with Gasteiger partial charge in [-0.3, -0.25) is 0 Å². The first-order valence-corrected chi connectivity index (χ1v) is 21.2. The van der Waals surface area contributed by atoms with Crippen LogP contribution in [0, 0.1) is 0 Å². The lowest BCUT2D eigenvalue weighted by Crippen LogP contribution is -2.00. The zero-order valence-corrected chi connectivity index (χ0v) is 36.6. The summed E-state index contributed by atoms with van der Waals surface area (Å²) in [5.41, 5.74) is 13.2. The Morgan fingerprint density at radius 1 is 0.258 bits per heavy atom. The van der Waals surface area contributed by atoms with E-state index in [0.29, 0.717) is 22.3 Å². The van der Waals surface area contributed by atoms with E-state index in [1.54, 1.807) is 48.5 Å². The molecule has 0 aromatic heterocycles. The second kappa shape index (κ2) is 18.2. The SMILES string of the molecule is COC(=O)c1ccc(-c2cc(-c3ccc(C(=O)OC)cc3)cc(-c3c4ccccc4c(-c4cc(-c5ccc(C(=O)OC)cc5)cc(-c5ccc(C(=O)OC)cc5)c4)c4ccccc34)c2)cc1. The highest BCUT2D eigenvalue weighted by Crippen LogP contribution is 2.46. The van der Waals surface area contributed by atoms with E-state index in [-0.39, 0.29) is 0 Å². The monoisotopic (exact) mass is 866 g/mol. The summed E-state index contributed by atoms with van der Waals surface area (Å²) in [6.07, 6.45) is 0. The van der Waals surface area contributed by atoms with Gasteiger partial charge in [0.15, 0.2) is 0 Å². The summed E-state index contributed by atoms with van der Waals surface area (Å²) >= 11 is 0. The van der Waals surface area contributed by atoms with E-state index in [1.165, 1.54) is 28.4 Å². The van der Waals surface area contributed by atoms with Gasteiger partial charge in [-0.2, -0.15) is 0 Å². The molecule has 9 aromatic rings. The number of benzene rings is 9. The minimum atomic E-state index is -0.412. The summed E-state index contributed by atoms with van der Waals surface area (Å²) in [5.74, 6) is -1.65. The van der Waals surface area contributed by atoms with E-state index >= 15 is 0 Å². The van der Waals surface area contributed by atoms with Crippen LogP contribution in [0.25, 0.3) is 88.3 Å². The van der Waals surface area contributed by atoms with Crippen molar-refractivity contribution in [3.63, 3.8) is 0 Å². The largest absolute Gasteiger partial charge is 0.465 e. The molecule has 0 N–H and O–H groups in total. The maximum absolute atomic E-state index is 12.4. The zero-order valence-electron chi connectivity index (χ0n) is 36.6. The second-order valence-electron chi connectivity index (χ2n) is 15.7. The predicted molar refractivity (Wildman–Crippen MR) is 259 cm³/mol. The lowest BCUT2D eigenvalue weighted by molar-refractivity contribution is 0.0592. The molecule has 66 heavy (non-hydrogen) atoms. The molecule has 0 radical (unpaired) electrons. The number of hydrogen-bond donors (Lipinski definition) is 0. The van der Waals surface area contributed by atoms with E-state index < -0.39 is 23.9 Å². The van der Waals surface area contributed by atoms with Crippen LogP contribution in [0.2, 0.25) is 0 Å². The molecule has 0 aliphatic rings.